The van der Waals surface area contributed by atoms with Gasteiger partial charge in [-0.3, -0.25) is 19.1 Å². The van der Waals surface area contributed by atoms with Crippen LogP contribution in [-0.4, -0.2) is 90.3 Å². The third-order valence-corrected chi connectivity index (χ3v) is 14.4. The summed E-state index contributed by atoms with van der Waals surface area (Å²) < 4.78 is 88.9. The van der Waals surface area contributed by atoms with Crippen LogP contribution in [0.3, 0.4) is 0 Å². The molecule has 59 heavy (non-hydrogen) atoms. The first-order valence-electron chi connectivity index (χ1n) is 20.2. The van der Waals surface area contributed by atoms with Crippen molar-refractivity contribution in [1.82, 2.24) is 25.2 Å². The third-order valence-electron chi connectivity index (χ3n) is 12.2. The number of fused-ring (bicyclic) bond motifs is 5. The van der Waals surface area contributed by atoms with Crippen LogP contribution in [0, 0.1) is 11.3 Å². The molecule has 1 saturated heterocycles. The van der Waals surface area contributed by atoms with Crippen molar-refractivity contribution in [2.24, 2.45) is 11.3 Å². The average Bonchev–Trinajstić information content (AvgIpc) is 4.06. The number of carbonyl (C=O) groups excluding carboxylic acids is 4. The van der Waals surface area contributed by atoms with Gasteiger partial charge in [-0.2, -0.15) is 13.2 Å². The smallest absolute Gasteiger partial charge is 0.437 e. The van der Waals surface area contributed by atoms with Crippen LogP contribution in [0.2, 0.25) is 0 Å². The third kappa shape index (κ3) is 8.55. The fourth-order valence-electron chi connectivity index (χ4n) is 8.29. The molecule has 2 aromatic rings. The quantitative estimate of drug-likeness (QED) is 0.316. The monoisotopic (exact) mass is 847 g/mol. The number of sulfonamides is 1. The summed E-state index contributed by atoms with van der Waals surface area (Å²) in [6.45, 7) is 6.87. The van der Waals surface area contributed by atoms with Gasteiger partial charge in [0.1, 0.15) is 29.0 Å². The second kappa shape index (κ2) is 15.1. The molecule has 5 atom stereocenters. The van der Waals surface area contributed by atoms with Crippen LogP contribution in [0.25, 0.3) is 10.9 Å². The van der Waals surface area contributed by atoms with Crippen molar-refractivity contribution in [3.63, 3.8) is 0 Å². The van der Waals surface area contributed by atoms with Crippen LogP contribution in [-0.2, 0) is 41.7 Å². The van der Waals surface area contributed by atoms with Crippen LogP contribution in [0.1, 0.15) is 103 Å². The van der Waals surface area contributed by atoms with Crippen LogP contribution in [0.4, 0.5) is 18.0 Å². The minimum absolute atomic E-state index is 0.0491. The number of nitrogens with zero attached hydrogens (tertiary/aromatic N) is 2. The van der Waals surface area contributed by atoms with Crippen LogP contribution < -0.4 is 24.8 Å². The number of ether oxygens (including phenoxy) is 3. The molecule has 0 radical (unpaired) electrons. The van der Waals surface area contributed by atoms with Gasteiger partial charge in [0.15, 0.2) is 11.4 Å². The summed E-state index contributed by atoms with van der Waals surface area (Å²) in [5.41, 5.74) is -4.48. The SMILES string of the molecule is COc1ccc2nc(C(F)(F)F)c3c(c2c1)CCC1(CC2C(=O)NC4(C(=O)NS(=O)(=O)C5(C)CC5)CC4C=CCCCCCC(NC(=O)OCC(C)(C)C)C(=O)N2C1)O3. The number of pyridine rings is 1. The van der Waals surface area contributed by atoms with Crippen molar-refractivity contribution in [2.75, 3.05) is 20.3 Å². The predicted molar refractivity (Wildman–Crippen MR) is 209 cm³/mol. The van der Waals surface area contributed by atoms with E-state index in [4.69, 9.17) is 14.2 Å². The van der Waals surface area contributed by atoms with Gasteiger partial charge in [-0.1, -0.05) is 45.8 Å². The first-order valence-corrected chi connectivity index (χ1v) is 21.6. The normalized spacial score (nSPS) is 28.2. The van der Waals surface area contributed by atoms with E-state index in [0.29, 0.717) is 49.7 Å². The Bertz CT molecular complexity index is 2190. The molecule has 2 aliphatic carbocycles. The largest absolute Gasteiger partial charge is 0.497 e. The second-order valence-electron chi connectivity index (χ2n) is 18.2. The topological polar surface area (TPSA) is 182 Å². The lowest BCUT2D eigenvalue weighted by molar-refractivity contribution is -0.144. The van der Waals surface area contributed by atoms with Gasteiger partial charge in [0.2, 0.25) is 21.8 Å². The highest BCUT2D eigenvalue weighted by molar-refractivity contribution is 7.91. The number of alkyl carbamates (subject to hydrolysis) is 1. The molecule has 3 N–H and O–H groups in total. The van der Waals surface area contributed by atoms with Gasteiger partial charge in [0.25, 0.3) is 5.91 Å². The summed E-state index contributed by atoms with van der Waals surface area (Å²) >= 11 is 0. The highest BCUT2D eigenvalue weighted by Gasteiger charge is 2.64. The molecular weight excluding hydrogens is 796 g/mol. The van der Waals surface area contributed by atoms with E-state index >= 15 is 0 Å². The lowest BCUT2D eigenvalue weighted by Gasteiger charge is -2.37. The molecule has 5 aliphatic rings. The van der Waals surface area contributed by atoms with E-state index in [1.807, 2.05) is 26.8 Å². The number of alkyl halides is 3. The fraction of sp³-hybridized carbons (Fsp3) is 0.634. The van der Waals surface area contributed by atoms with Crippen molar-refractivity contribution in [3.8, 4) is 11.5 Å². The molecule has 4 amide bonds. The van der Waals surface area contributed by atoms with Crippen molar-refractivity contribution in [1.29, 1.82) is 0 Å². The molecule has 1 aromatic carbocycles. The van der Waals surface area contributed by atoms with Crippen molar-refractivity contribution in [3.05, 3.63) is 41.6 Å². The van der Waals surface area contributed by atoms with Gasteiger partial charge in [0.05, 0.1) is 30.5 Å². The Morgan fingerprint density at radius 3 is 2.51 bits per heavy atom. The first-order chi connectivity index (χ1) is 27.6. The number of hydrogen-bond donors (Lipinski definition) is 3. The zero-order chi connectivity index (χ0) is 42.8. The summed E-state index contributed by atoms with van der Waals surface area (Å²) in [7, 11) is -2.66. The van der Waals surface area contributed by atoms with E-state index in [1.54, 1.807) is 12.1 Å². The molecule has 3 aliphatic heterocycles. The predicted octanol–water partition coefficient (Wildman–Crippen LogP) is 5.46. The van der Waals surface area contributed by atoms with Gasteiger partial charge in [0, 0.05) is 23.3 Å². The Morgan fingerprint density at radius 1 is 1.08 bits per heavy atom. The standard InChI is InChI=1S/C41H52F3N5O9S/c1-37(2,3)23-57-36(53)46-29-12-10-8-6-7-9-11-24-20-40(24,35(52)48-59(54,55)38(4)17-18-38)47-33(50)30-21-39(22-49(30)34(29)51)16-15-26-27-19-25(56-5)13-14-28(27)45-32(31(26)58-39)41(42,43)44/h9,11,13-14,19,24,29-30H,6-8,10,12,15-18,20-23H2,1-5H3,(H,46,53)(H,47,50)(H,48,52). The molecule has 7 rings (SSSR count). The van der Waals surface area contributed by atoms with Gasteiger partial charge in [-0.25, -0.2) is 18.2 Å². The van der Waals surface area contributed by atoms with Gasteiger partial charge in [-0.15, -0.1) is 0 Å². The van der Waals surface area contributed by atoms with Crippen molar-refractivity contribution < 1.29 is 55.0 Å². The van der Waals surface area contributed by atoms with Crippen LogP contribution in [0.15, 0.2) is 30.4 Å². The number of aryl methyl sites for hydroxylation is 1. The Labute approximate surface area is 341 Å². The number of hydrogen-bond acceptors (Lipinski definition) is 10. The molecule has 14 nitrogen and oxygen atoms in total. The molecule has 322 valence electrons. The second-order valence-corrected chi connectivity index (χ2v) is 20.4. The average molecular weight is 848 g/mol. The summed E-state index contributed by atoms with van der Waals surface area (Å²) in [5, 5.41) is 5.87. The number of rotatable bonds is 6. The van der Waals surface area contributed by atoms with E-state index in [0.717, 1.165) is 0 Å². The number of halogens is 3. The molecule has 1 aromatic heterocycles. The number of methoxy groups -OCH3 is 1. The Kier molecular flexibility index (Phi) is 10.9. The number of nitrogens with one attached hydrogen (secondary N) is 3. The van der Waals surface area contributed by atoms with E-state index in [-0.39, 0.29) is 61.8 Å². The molecule has 18 heteroatoms. The summed E-state index contributed by atoms with van der Waals surface area (Å²) in [6.07, 6.45) is 1.28. The van der Waals surface area contributed by atoms with Gasteiger partial charge >= 0.3 is 12.3 Å². The zero-order valence-corrected chi connectivity index (χ0v) is 34.7. The van der Waals surface area contributed by atoms with E-state index in [9.17, 15) is 40.8 Å². The van der Waals surface area contributed by atoms with E-state index < -0.39 is 85.3 Å². The lowest BCUT2D eigenvalue weighted by atomic mass is 9.87. The van der Waals surface area contributed by atoms with Crippen LogP contribution >= 0.6 is 0 Å². The maximum atomic E-state index is 14.8. The summed E-state index contributed by atoms with van der Waals surface area (Å²) in [4.78, 5) is 61.6. The molecule has 1 spiro atoms. The Morgan fingerprint density at radius 2 is 1.83 bits per heavy atom. The number of carbonyl (C=O) groups is 4. The maximum Gasteiger partial charge on any atom is 0.437 e. The Hall–Kier alpha value is -4.61. The summed E-state index contributed by atoms with van der Waals surface area (Å²) in [5.74, 6) is -3.07. The maximum absolute atomic E-state index is 14.8. The van der Waals surface area contributed by atoms with Crippen LogP contribution in [0.5, 0.6) is 11.5 Å². The molecule has 4 heterocycles. The number of aromatic nitrogens is 1. The zero-order valence-electron chi connectivity index (χ0n) is 33.9. The highest BCUT2D eigenvalue weighted by atomic mass is 32.2. The number of allylic oxidation sites excluding steroid dienone is 1. The molecular formula is C41H52F3N5O9S. The highest BCUT2D eigenvalue weighted by Crippen LogP contribution is 2.50. The molecule has 0 bridgehead atoms. The lowest BCUT2D eigenvalue weighted by Crippen LogP contribution is -2.58. The minimum Gasteiger partial charge on any atom is -0.497 e. The Balaban J connectivity index is 1.26. The fourth-order valence-corrected chi connectivity index (χ4v) is 9.61. The molecule has 3 fully saturated rings. The van der Waals surface area contributed by atoms with Crippen molar-refractivity contribution in [2.45, 2.75) is 132 Å². The van der Waals surface area contributed by atoms with E-state index in [1.165, 1.54) is 31.1 Å². The van der Waals surface area contributed by atoms with Gasteiger partial charge < -0.3 is 29.7 Å². The van der Waals surface area contributed by atoms with Crippen molar-refractivity contribution >= 4 is 44.7 Å². The molecule has 5 unspecified atom stereocenters. The number of benzene rings is 1. The summed E-state index contributed by atoms with van der Waals surface area (Å²) in [6, 6.07) is 1.97. The minimum atomic E-state index is -4.93. The molecule has 2 saturated carbocycles. The van der Waals surface area contributed by atoms with Gasteiger partial charge in [-0.05, 0) is 81.9 Å². The van der Waals surface area contributed by atoms with E-state index in [2.05, 4.69) is 20.3 Å². The number of amides is 4. The first kappa shape index (κ1) is 42.5.